The number of sulfone groups is 1. The molecule has 110 valence electrons. The van der Waals surface area contributed by atoms with E-state index in [0.29, 0.717) is 32.6 Å². The molecule has 0 saturated carbocycles. The first kappa shape index (κ1) is 14.7. The van der Waals surface area contributed by atoms with Crippen LogP contribution < -0.4 is 5.32 Å². The van der Waals surface area contributed by atoms with Gasteiger partial charge in [-0.2, -0.15) is 0 Å². The number of ether oxygens (including phenoxy) is 1. The molecule has 6 nitrogen and oxygen atoms in total. The van der Waals surface area contributed by atoms with Crippen molar-refractivity contribution in [3.63, 3.8) is 0 Å². The zero-order chi connectivity index (χ0) is 13.9. The molecule has 2 aliphatic rings. The molecule has 0 bridgehead atoms. The third kappa shape index (κ3) is 3.90. The molecule has 2 unspecified atom stereocenters. The van der Waals surface area contributed by atoms with Crippen molar-refractivity contribution in [1.29, 1.82) is 0 Å². The van der Waals surface area contributed by atoms with Gasteiger partial charge in [0.1, 0.15) is 0 Å². The molecule has 0 aliphatic carbocycles. The van der Waals surface area contributed by atoms with E-state index >= 15 is 0 Å². The van der Waals surface area contributed by atoms with Crippen LogP contribution in [0.15, 0.2) is 0 Å². The third-order valence-corrected chi connectivity index (χ3v) is 5.48. The highest BCUT2D eigenvalue weighted by Crippen LogP contribution is 2.19. The summed E-state index contributed by atoms with van der Waals surface area (Å²) >= 11 is 0. The number of hydrogen-bond donors (Lipinski definition) is 1. The van der Waals surface area contributed by atoms with E-state index < -0.39 is 9.84 Å². The van der Waals surface area contributed by atoms with E-state index in [1.807, 2.05) is 6.92 Å². The van der Waals surface area contributed by atoms with Crippen LogP contribution in [-0.4, -0.2) is 69.1 Å². The third-order valence-electron chi connectivity index (χ3n) is 3.73. The Balaban J connectivity index is 1.91. The van der Waals surface area contributed by atoms with Crippen LogP contribution in [0.1, 0.15) is 19.8 Å². The number of carbonyl (C=O) groups excluding carboxylic acids is 1. The van der Waals surface area contributed by atoms with Crippen LogP contribution >= 0.6 is 0 Å². The minimum Gasteiger partial charge on any atom is -0.378 e. The van der Waals surface area contributed by atoms with E-state index in [0.717, 1.165) is 6.54 Å². The van der Waals surface area contributed by atoms with Gasteiger partial charge in [-0.15, -0.1) is 0 Å². The van der Waals surface area contributed by atoms with Gasteiger partial charge in [0.05, 0.1) is 24.7 Å². The van der Waals surface area contributed by atoms with Crippen molar-refractivity contribution in [2.75, 3.05) is 37.8 Å². The smallest absolute Gasteiger partial charge is 0.224 e. The first-order chi connectivity index (χ1) is 9.02. The molecule has 7 heteroatoms. The quantitative estimate of drug-likeness (QED) is 0.748. The second kappa shape index (κ2) is 6.19. The van der Waals surface area contributed by atoms with Crippen LogP contribution in [0.2, 0.25) is 0 Å². The zero-order valence-electron chi connectivity index (χ0n) is 11.3. The Labute approximate surface area is 114 Å². The highest BCUT2D eigenvalue weighted by molar-refractivity contribution is 7.91. The van der Waals surface area contributed by atoms with Crippen molar-refractivity contribution in [3.8, 4) is 0 Å². The summed E-state index contributed by atoms with van der Waals surface area (Å²) in [4.78, 5) is 14.0. The molecule has 0 aromatic carbocycles. The van der Waals surface area contributed by atoms with E-state index in [-0.39, 0.29) is 29.5 Å². The number of rotatable bonds is 4. The lowest BCUT2D eigenvalue weighted by molar-refractivity contribution is -0.134. The Bertz CT molecular complexity index is 417. The Kier molecular flexibility index (Phi) is 4.81. The summed E-state index contributed by atoms with van der Waals surface area (Å²) in [5.74, 6) is 0.334. The van der Waals surface area contributed by atoms with E-state index in [9.17, 15) is 13.2 Å². The van der Waals surface area contributed by atoms with E-state index in [1.54, 1.807) is 4.90 Å². The maximum absolute atomic E-state index is 12.3. The molecule has 0 spiro atoms. The van der Waals surface area contributed by atoms with Crippen LogP contribution in [0.3, 0.4) is 0 Å². The first-order valence-electron chi connectivity index (χ1n) is 6.83. The lowest BCUT2D eigenvalue weighted by atomic mass is 10.1. The molecule has 1 amide bonds. The van der Waals surface area contributed by atoms with Crippen LogP contribution in [0, 0.1) is 0 Å². The molecule has 2 saturated heterocycles. The summed E-state index contributed by atoms with van der Waals surface area (Å²) in [6.45, 7) is 4.46. The molecule has 2 fully saturated rings. The van der Waals surface area contributed by atoms with Gasteiger partial charge in [0.25, 0.3) is 0 Å². The van der Waals surface area contributed by atoms with Crippen LogP contribution in [-0.2, 0) is 19.4 Å². The topological polar surface area (TPSA) is 75.7 Å². The summed E-state index contributed by atoms with van der Waals surface area (Å²) in [6, 6.07) is -0.0969. The largest absolute Gasteiger partial charge is 0.378 e. The summed E-state index contributed by atoms with van der Waals surface area (Å²) < 4.78 is 28.3. The average Bonchev–Trinajstić information content (AvgIpc) is 2.72. The average molecular weight is 290 g/mol. The van der Waals surface area contributed by atoms with Gasteiger partial charge >= 0.3 is 0 Å². The summed E-state index contributed by atoms with van der Waals surface area (Å²) in [5, 5.41) is 3.25. The molecular weight excluding hydrogens is 268 g/mol. The number of hydrogen-bond acceptors (Lipinski definition) is 5. The SMILES string of the molecule is CCN(C(=O)CC1COCCN1)C1CCS(=O)(=O)C1. The highest BCUT2D eigenvalue weighted by atomic mass is 32.2. The van der Waals surface area contributed by atoms with Crippen LogP contribution in [0.5, 0.6) is 0 Å². The van der Waals surface area contributed by atoms with Crippen molar-refractivity contribution < 1.29 is 17.9 Å². The van der Waals surface area contributed by atoms with Crippen LogP contribution in [0.4, 0.5) is 0 Å². The van der Waals surface area contributed by atoms with Gasteiger partial charge in [0, 0.05) is 31.6 Å². The molecule has 2 aliphatic heterocycles. The number of morpholine rings is 1. The normalized spacial score (nSPS) is 30.2. The second-order valence-corrected chi connectivity index (χ2v) is 7.40. The summed E-state index contributed by atoms with van der Waals surface area (Å²) in [5.41, 5.74) is 0. The van der Waals surface area contributed by atoms with Gasteiger partial charge in [0.2, 0.25) is 5.91 Å². The number of nitrogens with one attached hydrogen (secondary N) is 1. The molecule has 0 radical (unpaired) electrons. The number of carbonyl (C=O) groups is 1. The van der Waals surface area contributed by atoms with Crippen LogP contribution in [0.25, 0.3) is 0 Å². The summed E-state index contributed by atoms with van der Waals surface area (Å²) in [6.07, 6.45) is 0.945. The van der Waals surface area contributed by atoms with Gasteiger partial charge in [-0.05, 0) is 13.3 Å². The van der Waals surface area contributed by atoms with E-state index in [2.05, 4.69) is 5.32 Å². The number of amides is 1. The van der Waals surface area contributed by atoms with Crippen molar-refractivity contribution in [2.45, 2.75) is 31.8 Å². The molecular formula is C12H22N2O4S. The minimum atomic E-state index is -2.95. The fourth-order valence-electron chi connectivity index (χ4n) is 2.74. The van der Waals surface area contributed by atoms with Crippen molar-refractivity contribution in [3.05, 3.63) is 0 Å². The first-order valence-corrected chi connectivity index (χ1v) is 8.65. The molecule has 1 N–H and O–H groups in total. The number of nitrogens with zero attached hydrogens (tertiary/aromatic N) is 1. The van der Waals surface area contributed by atoms with Gasteiger partial charge in [-0.1, -0.05) is 0 Å². The standard InChI is InChI=1S/C12H22N2O4S/c1-2-14(11-3-6-19(16,17)9-11)12(15)7-10-8-18-5-4-13-10/h10-11,13H,2-9H2,1H3. The summed E-state index contributed by atoms with van der Waals surface area (Å²) in [7, 11) is -2.95. The van der Waals surface area contributed by atoms with E-state index in [1.165, 1.54) is 0 Å². The highest BCUT2D eigenvalue weighted by Gasteiger charge is 2.34. The lowest BCUT2D eigenvalue weighted by Gasteiger charge is -2.30. The van der Waals surface area contributed by atoms with Crippen molar-refractivity contribution >= 4 is 15.7 Å². The minimum absolute atomic E-state index is 0.0209. The van der Waals surface area contributed by atoms with Gasteiger partial charge in [0.15, 0.2) is 9.84 Å². The maximum Gasteiger partial charge on any atom is 0.224 e. The van der Waals surface area contributed by atoms with Gasteiger partial charge in [-0.25, -0.2) is 8.42 Å². The Morgan fingerprint density at radius 3 is 2.79 bits per heavy atom. The molecule has 2 atom stereocenters. The molecule has 0 aromatic heterocycles. The molecule has 2 heterocycles. The second-order valence-electron chi connectivity index (χ2n) is 5.17. The predicted octanol–water partition coefficient (Wildman–Crippen LogP) is -0.599. The lowest BCUT2D eigenvalue weighted by Crippen LogP contribution is -2.47. The molecule has 0 aromatic rings. The zero-order valence-corrected chi connectivity index (χ0v) is 12.1. The Morgan fingerprint density at radius 1 is 1.47 bits per heavy atom. The monoisotopic (exact) mass is 290 g/mol. The fourth-order valence-corrected chi connectivity index (χ4v) is 4.47. The fraction of sp³-hybridized carbons (Fsp3) is 0.917. The van der Waals surface area contributed by atoms with Gasteiger partial charge in [-0.3, -0.25) is 4.79 Å². The molecule has 2 rings (SSSR count). The Morgan fingerprint density at radius 2 is 2.26 bits per heavy atom. The van der Waals surface area contributed by atoms with Crippen molar-refractivity contribution in [2.24, 2.45) is 0 Å². The van der Waals surface area contributed by atoms with Gasteiger partial charge < -0.3 is 15.0 Å². The Hall–Kier alpha value is -0.660. The maximum atomic E-state index is 12.3. The van der Waals surface area contributed by atoms with Crippen molar-refractivity contribution in [1.82, 2.24) is 10.2 Å². The predicted molar refractivity (Wildman–Crippen MR) is 71.7 cm³/mol. The van der Waals surface area contributed by atoms with E-state index in [4.69, 9.17) is 4.74 Å². The molecule has 19 heavy (non-hydrogen) atoms.